The van der Waals surface area contributed by atoms with Gasteiger partial charge in [0.05, 0.1) is 4.92 Å². The standard InChI is InChI=1S/C8H9BN2O2/c9-10-6-5-7-1-3-8(4-2-7)11(12)13/h1-4,10H,5-6H2. The molecule has 1 aromatic rings. The average Bonchev–Trinajstić information content (AvgIpc) is 2.15. The maximum absolute atomic E-state index is 10.3. The van der Waals surface area contributed by atoms with Crippen molar-refractivity contribution in [2.24, 2.45) is 0 Å². The summed E-state index contributed by atoms with van der Waals surface area (Å²) < 4.78 is 0. The second kappa shape index (κ2) is 4.62. The van der Waals surface area contributed by atoms with Gasteiger partial charge in [0, 0.05) is 12.1 Å². The zero-order chi connectivity index (χ0) is 9.68. The van der Waals surface area contributed by atoms with Crippen molar-refractivity contribution in [3.8, 4) is 0 Å². The number of hydrogen-bond acceptors (Lipinski definition) is 3. The van der Waals surface area contributed by atoms with Crippen molar-refractivity contribution in [3.05, 3.63) is 39.9 Å². The van der Waals surface area contributed by atoms with Gasteiger partial charge >= 0.3 is 0 Å². The van der Waals surface area contributed by atoms with Crippen LogP contribution in [0.25, 0.3) is 0 Å². The summed E-state index contributed by atoms with van der Waals surface area (Å²) in [5.74, 6) is 0. The molecule has 1 N–H and O–H groups in total. The summed E-state index contributed by atoms with van der Waals surface area (Å²) in [5, 5.41) is 12.8. The highest BCUT2D eigenvalue weighted by atomic mass is 16.6. The van der Waals surface area contributed by atoms with Gasteiger partial charge in [-0.25, -0.2) is 0 Å². The molecule has 1 aromatic carbocycles. The Morgan fingerprint density at radius 1 is 1.38 bits per heavy atom. The molecule has 0 atom stereocenters. The van der Waals surface area contributed by atoms with Crippen LogP contribution in [0.4, 0.5) is 5.69 Å². The minimum absolute atomic E-state index is 0.115. The van der Waals surface area contributed by atoms with E-state index in [0.29, 0.717) is 6.54 Å². The highest BCUT2D eigenvalue weighted by molar-refractivity contribution is 6.04. The lowest BCUT2D eigenvalue weighted by atomic mass is 10.1. The SMILES string of the molecule is [B]NCCc1ccc([N+](=O)[O-])cc1. The topological polar surface area (TPSA) is 55.2 Å². The number of nitro benzene ring substituents is 1. The lowest BCUT2D eigenvalue weighted by Crippen LogP contribution is -2.12. The number of benzene rings is 1. The molecule has 0 bridgehead atoms. The Morgan fingerprint density at radius 2 is 2.00 bits per heavy atom. The van der Waals surface area contributed by atoms with Crippen LogP contribution < -0.4 is 5.23 Å². The first-order valence-corrected chi connectivity index (χ1v) is 3.91. The maximum Gasteiger partial charge on any atom is 0.269 e. The summed E-state index contributed by atoms with van der Waals surface area (Å²) in [7, 11) is 5.10. The molecule has 1 rings (SSSR count). The molecular formula is C8H9BN2O2. The molecule has 0 spiro atoms. The smallest absolute Gasteiger partial charge is 0.269 e. The molecule has 4 nitrogen and oxygen atoms in total. The van der Waals surface area contributed by atoms with E-state index in [2.05, 4.69) is 5.23 Å². The normalized spacial score (nSPS) is 9.85. The van der Waals surface area contributed by atoms with Gasteiger partial charge < -0.3 is 5.23 Å². The van der Waals surface area contributed by atoms with Crippen LogP contribution in [0.15, 0.2) is 24.3 Å². The molecule has 66 valence electrons. The first-order valence-electron chi connectivity index (χ1n) is 3.91. The van der Waals surface area contributed by atoms with Crippen molar-refractivity contribution < 1.29 is 4.92 Å². The number of nitro groups is 1. The average molecular weight is 176 g/mol. The van der Waals surface area contributed by atoms with Crippen molar-refractivity contribution in [2.45, 2.75) is 6.42 Å². The Labute approximate surface area is 77.5 Å². The summed E-state index contributed by atoms with van der Waals surface area (Å²) in [6.07, 6.45) is 0.772. The number of hydrogen-bond donors (Lipinski definition) is 1. The van der Waals surface area contributed by atoms with E-state index in [1.54, 1.807) is 12.1 Å². The Morgan fingerprint density at radius 3 is 2.46 bits per heavy atom. The van der Waals surface area contributed by atoms with Crippen molar-refractivity contribution in [1.82, 2.24) is 5.23 Å². The van der Waals surface area contributed by atoms with Crippen LogP contribution in [0.1, 0.15) is 5.56 Å². The van der Waals surface area contributed by atoms with Crippen LogP contribution in [-0.2, 0) is 6.42 Å². The van der Waals surface area contributed by atoms with Gasteiger partial charge in [-0.2, -0.15) is 0 Å². The fourth-order valence-corrected chi connectivity index (χ4v) is 1.00. The molecule has 0 amide bonds. The molecule has 0 aliphatic heterocycles. The predicted molar refractivity (Wildman–Crippen MR) is 50.6 cm³/mol. The van der Waals surface area contributed by atoms with Gasteiger partial charge in [0.2, 0.25) is 0 Å². The molecule has 0 aromatic heterocycles. The lowest BCUT2D eigenvalue weighted by Gasteiger charge is -1.99. The van der Waals surface area contributed by atoms with Crippen molar-refractivity contribution in [1.29, 1.82) is 0 Å². The van der Waals surface area contributed by atoms with Crippen molar-refractivity contribution in [3.63, 3.8) is 0 Å². The van der Waals surface area contributed by atoms with E-state index in [4.69, 9.17) is 7.98 Å². The summed E-state index contributed by atoms with van der Waals surface area (Å²) in [6.45, 7) is 0.664. The zero-order valence-electron chi connectivity index (χ0n) is 7.06. The second-order valence-electron chi connectivity index (χ2n) is 2.63. The maximum atomic E-state index is 10.3. The molecular weight excluding hydrogens is 167 g/mol. The molecule has 0 aliphatic rings. The fourth-order valence-electron chi connectivity index (χ4n) is 1.00. The van der Waals surface area contributed by atoms with E-state index in [1.807, 2.05) is 0 Å². The van der Waals surface area contributed by atoms with Gasteiger partial charge in [-0.1, -0.05) is 12.1 Å². The van der Waals surface area contributed by atoms with E-state index in [-0.39, 0.29) is 5.69 Å². The summed E-state index contributed by atoms with van der Waals surface area (Å²) in [6, 6.07) is 6.45. The lowest BCUT2D eigenvalue weighted by molar-refractivity contribution is -0.384. The van der Waals surface area contributed by atoms with Gasteiger partial charge in [-0.3, -0.25) is 10.1 Å². The van der Waals surface area contributed by atoms with Gasteiger partial charge in [-0.15, -0.1) is 0 Å². The van der Waals surface area contributed by atoms with Crippen molar-refractivity contribution in [2.75, 3.05) is 6.54 Å². The molecule has 0 fully saturated rings. The van der Waals surface area contributed by atoms with Crippen LogP contribution in [0.3, 0.4) is 0 Å². The molecule has 0 heterocycles. The number of rotatable bonds is 4. The van der Waals surface area contributed by atoms with Gasteiger partial charge in [-0.05, 0) is 18.5 Å². The molecule has 0 unspecified atom stereocenters. The van der Waals surface area contributed by atoms with Crippen molar-refractivity contribution >= 4 is 13.7 Å². The van der Waals surface area contributed by atoms with E-state index in [9.17, 15) is 10.1 Å². The number of nitrogens with zero attached hydrogens (tertiary/aromatic N) is 1. The highest BCUT2D eigenvalue weighted by Crippen LogP contribution is 2.11. The minimum Gasteiger partial charge on any atom is -0.366 e. The van der Waals surface area contributed by atoms with Crippen LogP contribution in [0.5, 0.6) is 0 Å². The highest BCUT2D eigenvalue weighted by Gasteiger charge is 2.02. The summed E-state index contributed by atoms with van der Waals surface area (Å²) in [4.78, 5) is 9.89. The third-order valence-electron chi connectivity index (χ3n) is 1.71. The van der Waals surface area contributed by atoms with Gasteiger partial charge in [0.1, 0.15) is 0 Å². The summed E-state index contributed by atoms with van der Waals surface area (Å²) >= 11 is 0. The third kappa shape index (κ3) is 2.87. The summed E-state index contributed by atoms with van der Waals surface area (Å²) in [5.41, 5.74) is 1.15. The Hall–Kier alpha value is -1.36. The molecule has 0 aliphatic carbocycles. The number of non-ortho nitro benzene ring substituents is 1. The van der Waals surface area contributed by atoms with Gasteiger partial charge in [0.15, 0.2) is 7.98 Å². The molecule has 5 heteroatoms. The quantitative estimate of drug-likeness (QED) is 0.419. The minimum atomic E-state index is -0.412. The second-order valence-corrected chi connectivity index (χ2v) is 2.63. The molecule has 0 saturated carbocycles. The molecule has 2 radical (unpaired) electrons. The van der Waals surface area contributed by atoms with E-state index in [1.165, 1.54) is 12.1 Å². The van der Waals surface area contributed by atoms with E-state index >= 15 is 0 Å². The van der Waals surface area contributed by atoms with Gasteiger partial charge in [0.25, 0.3) is 5.69 Å². The predicted octanol–water partition coefficient (Wildman–Crippen LogP) is 0.810. The van der Waals surface area contributed by atoms with E-state index < -0.39 is 4.92 Å². The number of nitrogens with one attached hydrogen (secondary N) is 1. The zero-order valence-corrected chi connectivity index (χ0v) is 7.06. The Balaban J connectivity index is 2.64. The first-order chi connectivity index (χ1) is 6.24. The van der Waals surface area contributed by atoms with Crippen LogP contribution in [0.2, 0.25) is 0 Å². The molecule has 0 saturated heterocycles. The van der Waals surface area contributed by atoms with E-state index in [0.717, 1.165) is 12.0 Å². The fraction of sp³-hybridized carbons (Fsp3) is 0.250. The van der Waals surface area contributed by atoms with Crippen LogP contribution in [-0.4, -0.2) is 19.4 Å². The largest absolute Gasteiger partial charge is 0.366 e. The first kappa shape index (κ1) is 9.73. The van der Waals surface area contributed by atoms with Crippen LogP contribution >= 0.6 is 0 Å². The van der Waals surface area contributed by atoms with Crippen LogP contribution in [0, 0.1) is 10.1 Å². The Bertz CT molecular complexity index is 287. The Kier molecular flexibility index (Phi) is 3.46. The molecule has 13 heavy (non-hydrogen) atoms. The third-order valence-corrected chi connectivity index (χ3v) is 1.71. The monoisotopic (exact) mass is 176 g/mol.